The fraction of sp³-hybridized carbons (Fsp3) is 0.227. The molecule has 1 aromatic heterocycles. The van der Waals surface area contributed by atoms with Crippen LogP contribution < -0.4 is 11.1 Å². The highest BCUT2D eigenvalue weighted by molar-refractivity contribution is 5.96. The summed E-state index contributed by atoms with van der Waals surface area (Å²) in [5.41, 5.74) is 7.59. The second-order valence-corrected chi connectivity index (χ2v) is 7.21. The summed E-state index contributed by atoms with van der Waals surface area (Å²) in [4.78, 5) is 29.7. The first-order valence-electron chi connectivity index (χ1n) is 9.45. The van der Waals surface area contributed by atoms with Crippen molar-refractivity contribution in [2.24, 2.45) is 5.92 Å². The van der Waals surface area contributed by atoms with E-state index >= 15 is 0 Å². The number of hydrogen-bond acceptors (Lipinski definition) is 5. The lowest BCUT2D eigenvalue weighted by Crippen LogP contribution is -2.66. The minimum absolute atomic E-state index is 0.168. The largest absolute Gasteiger partial charge is 0.480 e. The summed E-state index contributed by atoms with van der Waals surface area (Å²) in [7, 11) is 0. The summed E-state index contributed by atoms with van der Waals surface area (Å²) in [6.07, 6.45) is 1.90. The Kier molecular flexibility index (Phi) is 5.14. The number of fused-ring (bicyclic) bond motifs is 1. The van der Waals surface area contributed by atoms with Crippen LogP contribution in [0.3, 0.4) is 0 Å². The summed E-state index contributed by atoms with van der Waals surface area (Å²) in [5.74, 6) is -1.40. The highest BCUT2D eigenvalue weighted by atomic mass is 16.4. The van der Waals surface area contributed by atoms with Crippen LogP contribution in [0.1, 0.15) is 11.1 Å². The first-order chi connectivity index (χ1) is 14.0. The average molecular weight is 390 g/mol. The molecule has 2 atom stereocenters. The lowest BCUT2D eigenvalue weighted by Gasteiger charge is -2.44. The lowest BCUT2D eigenvalue weighted by atomic mass is 9.83. The maximum atomic E-state index is 12.6. The van der Waals surface area contributed by atoms with Crippen molar-refractivity contribution in [3.63, 3.8) is 0 Å². The number of aliphatic carboxylic acids is 1. The number of pyridine rings is 1. The maximum absolute atomic E-state index is 12.6. The number of carbonyl (C=O) groups is 2. The summed E-state index contributed by atoms with van der Waals surface area (Å²) in [6, 6.07) is 16.7. The van der Waals surface area contributed by atoms with Crippen LogP contribution in [0.2, 0.25) is 0 Å². The molecule has 0 saturated carbocycles. The fourth-order valence-electron chi connectivity index (χ4n) is 3.93. The maximum Gasteiger partial charge on any atom is 0.327 e. The number of amides is 1. The van der Waals surface area contributed by atoms with Crippen LogP contribution >= 0.6 is 0 Å². The molecule has 1 aliphatic heterocycles. The lowest BCUT2D eigenvalue weighted by molar-refractivity contribution is -0.171. The molecule has 1 amide bonds. The van der Waals surface area contributed by atoms with Gasteiger partial charge in [0.2, 0.25) is 5.91 Å². The minimum Gasteiger partial charge on any atom is -0.480 e. The van der Waals surface area contributed by atoms with Crippen LogP contribution in [0.25, 0.3) is 10.8 Å². The van der Waals surface area contributed by atoms with Crippen LogP contribution in [0.15, 0.2) is 60.8 Å². The number of benzene rings is 2. The molecule has 0 spiro atoms. The Labute approximate surface area is 168 Å². The Morgan fingerprint density at radius 3 is 2.76 bits per heavy atom. The van der Waals surface area contributed by atoms with Gasteiger partial charge >= 0.3 is 5.97 Å². The zero-order valence-corrected chi connectivity index (χ0v) is 15.8. The average Bonchev–Trinajstić information content (AvgIpc) is 2.71. The van der Waals surface area contributed by atoms with E-state index in [0.29, 0.717) is 18.8 Å². The van der Waals surface area contributed by atoms with Crippen LogP contribution in [0, 0.1) is 5.92 Å². The molecule has 0 bridgehead atoms. The molecule has 7 nitrogen and oxygen atoms in total. The monoisotopic (exact) mass is 390 g/mol. The molecule has 2 heterocycles. The van der Waals surface area contributed by atoms with Crippen LogP contribution in [0.4, 0.5) is 5.82 Å². The minimum atomic E-state index is -0.997. The van der Waals surface area contributed by atoms with Gasteiger partial charge in [0, 0.05) is 12.7 Å². The number of carboxylic acids is 1. The first kappa shape index (κ1) is 18.9. The van der Waals surface area contributed by atoms with Gasteiger partial charge in [0.15, 0.2) is 0 Å². The third kappa shape index (κ3) is 3.77. The molecular weight excluding hydrogens is 368 g/mol. The molecule has 7 heteroatoms. The van der Waals surface area contributed by atoms with E-state index in [1.807, 2.05) is 24.3 Å². The second-order valence-electron chi connectivity index (χ2n) is 7.21. The van der Waals surface area contributed by atoms with Gasteiger partial charge in [-0.2, -0.15) is 0 Å². The number of nitrogens with zero attached hydrogens (tertiary/aromatic N) is 2. The van der Waals surface area contributed by atoms with Crippen molar-refractivity contribution in [3.8, 4) is 0 Å². The number of anilines is 1. The van der Waals surface area contributed by atoms with Gasteiger partial charge in [0.05, 0.1) is 12.6 Å². The third-order valence-corrected chi connectivity index (χ3v) is 5.35. The highest BCUT2D eigenvalue weighted by Gasteiger charge is 2.51. The summed E-state index contributed by atoms with van der Waals surface area (Å²) in [5, 5.41) is 15.1. The number of hydrogen-bond donors (Lipinski definition) is 3. The van der Waals surface area contributed by atoms with E-state index in [-0.39, 0.29) is 12.6 Å². The van der Waals surface area contributed by atoms with Gasteiger partial charge in [-0.05, 0) is 40.5 Å². The van der Waals surface area contributed by atoms with Gasteiger partial charge in [-0.3, -0.25) is 10.1 Å². The van der Waals surface area contributed by atoms with Crippen molar-refractivity contribution in [2.45, 2.75) is 19.0 Å². The number of carbonyl (C=O) groups excluding carboxylic acids is 1. The Bertz CT molecular complexity index is 1060. The van der Waals surface area contributed by atoms with Crippen molar-refractivity contribution in [2.75, 3.05) is 12.4 Å². The van der Waals surface area contributed by atoms with Gasteiger partial charge in [-0.15, -0.1) is 0 Å². The molecule has 1 aliphatic rings. The topological polar surface area (TPSA) is 109 Å². The van der Waals surface area contributed by atoms with E-state index in [9.17, 15) is 14.7 Å². The Morgan fingerprint density at radius 1 is 1.17 bits per heavy atom. The van der Waals surface area contributed by atoms with Crippen molar-refractivity contribution >= 4 is 28.5 Å². The number of likely N-dealkylation sites (tertiary alicyclic amines) is 1. The second kappa shape index (κ2) is 7.89. The van der Waals surface area contributed by atoms with Crippen LogP contribution in [-0.2, 0) is 22.6 Å². The Morgan fingerprint density at radius 2 is 1.97 bits per heavy atom. The molecular formula is C22H22N4O3. The number of aromatic nitrogens is 1. The summed E-state index contributed by atoms with van der Waals surface area (Å²) in [6.45, 7) is 0.733. The van der Waals surface area contributed by atoms with E-state index < -0.39 is 17.9 Å². The van der Waals surface area contributed by atoms with Crippen LogP contribution in [0.5, 0.6) is 0 Å². The Balaban J connectivity index is 1.41. The molecule has 0 aliphatic carbocycles. The van der Waals surface area contributed by atoms with E-state index in [0.717, 1.165) is 21.9 Å². The van der Waals surface area contributed by atoms with Crippen molar-refractivity contribution in [1.29, 1.82) is 0 Å². The molecule has 1 saturated heterocycles. The predicted molar refractivity (Wildman–Crippen MR) is 110 cm³/mol. The highest BCUT2D eigenvalue weighted by Crippen LogP contribution is 2.30. The number of rotatable bonds is 7. The molecule has 1 fully saturated rings. The fourth-order valence-corrected chi connectivity index (χ4v) is 3.93. The van der Waals surface area contributed by atoms with Gasteiger partial charge in [0.25, 0.3) is 0 Å². The van der Waals surface area contributed by atoms with Gasteiger partial charge in [-0.1, -0.05) is 42.5 Å². The summed E-state index contributed by atoms with van der Waals surface area (Å²) < 4.78 is 0. The normalized spacial score (nSPS) is 18.6. The first-order valence-corrected chi connectivity index (χ1v) is 9.45. The molecule has 29 heavy (non-hydrogen) atoms. The van der Waals surface area contributed by atoms with E-state index in [1.54, 1.807) is 18.3 Å². The van der Waals surface area contributed by atoms with Crippen molar-refractivity contribution < 1.29 is 14.7 Å². The molecule has 0 unspecified atom stereocenters. The number of nitrogen functional groups attached to an aromatic ring is 1. The van der Waals surface area contributed by atoms with Crippen molar-refractivity contribution in [3.05, 3.63) is 71.9 Å². The molecule has 4 rings (SSSR count). The molecule has 148 valence electrons. The number of β-lactam (4-membered cyclic amide) rings is 1. The standard InChI is InChI=1S/C22H22N4O3/c23-19-11-14(8-9-25-19)10-18-20(22(28)29)26(21(18)27)13-24-12-16-6-3-5-15-4-1-2-7-17(15)16/h1-9,11,18,20,24H,10,12-13H2,(H2,23,25)(H,28,29)/t18-,20+/m1/s1. The summed E-state index contributed by atoms with van der Waals surface area (Å²) >= 11 is 0. The van der Waals surface area contributed by atoms with Gasteiger partial charge in [-0.25, -0.2) is 9.78 Å². The molecule has 3 aromatic rings. The van der Waals surface area contributed by atoms with E-state index in [2.05, 4.69) is 28.5 Å². The van der Waals surface area contributed by atoms with Crippen molar-refractivity contribution in [1.82, 2.24) is 15.2 Å². The molecule has 0 radical (unpaired) electrons. The Hall–Kier alpha value is -3.45. The SMILES string of the molecule is Nc1cc(C[C@H]2C(=O)N(CNCc3cccc4ccccc34)[C@@H]2C(=O)O)ccn1. The van der Waals surface area contributed by atoms with Gasteiger partial charge in [0.1, 0.15) is 11.9 Å². The smallest absolute Gasteiger partial charge is 0.327 e. The molecule has 2 aromatic carbocycles. The van der Waals surface area contributed by atoms with Gasteiger partial charge < -0.3 is 15.7 Å². The number of carboxylic acid groups (broad SMARTS) is 1. The zero-order chi connectivity index (χ0) is 20.4. The number of nitrogens with one attached hydrogen (secondary N) is 1. The molecule has 4 N–H and O–H groups in total. The quantitative estimate of drug-likeness (QED) is 0.533. The van der Waals surface area contributed by atoms with E-state index in [4.69, 9.17) is 5.73 Å². The van der Waals surface area contributed by atoms with E-state index in [1.165, 1.54) is 4.90 Å². The third-order valence-electron chi connectivity index (χ3n) is 5.35. The predicted octanol–water partition coefficient (Wildman–Crippen LogP) is 2.02. The van der Waals surface area contributed by atoms with Crippen LogP contribution in [-0.4, -0.2) is 39.6 Å². The zero-order valence-electron chi connectivity index (χ0n) is 15.8. The number of nitrogens with two attached hydrogens (primary N) is 1.